The van der Waals surface area contributed by atoms with Gasteiger partial charge in [-0.15, -0.1) is 0 Å². The van der Waals surface area contributed by atoms with Crippen LogP contribution < -0.4 is 0 Å². The molecule has 0 unspecified atom stereocenters. The smallest absolute Gasteiger partial charge is 0.137 e. The van der Waals surface area contributed by atoms with Gasteiger partial charge in [0.1, 0.15) is 16.8 Å². The highest BCUT2D eigenvalue weighted by molar-refractivity contribution is 6.39. The summed E-state index contributed by atoms with van der Waals surface area (Å²) in [4.78, 5) is 3.93. The summed E-state index contributed by atoms with van der Waals surface area (Å²) < 4.78 is 26.5. The molecule has 0 amide bonds. The summed E-state index contributed by atoms with van der Waals surface area (Å²) in [5, 5.41) is 0.504. The molecule has 1 nitrogen and oxygen atoms in total. The van der Waals surface area contributed by atoms with Gasteiger partial charge >= 0.3 is 0 Å². The standard InChI is InChI=1S/C11H7Cl2F2N/c1-2-6-10(12)9-7(15)3-5(14)4-8(9)16-11(6)13/h3-4H,2H2,1H3. The Kier molecular flexibility index (Phi) is 3.00. The Hall–Kier alpha value is -0.930. The van der Waals surface area contributed by atoms with E-state index >= 15 is 0 Å². The van der Waals surface area contributed by atoms with Crippen LogP contribution in [0.15, 0.2) is 12.1 Å². The topological polar surface area (TPSA) is 12.9 Å². The highest BCUT2D eigenvalue weighted by atomic mass is 35.5. The second-order valence-electron chi connectivity index (χ2n) is 3.33. The Balaban J connectivity index is 2.93. The van der Waals surface area contributed by atoms with Gasteiger partial charge in [-0.1, -0.05) is 30.1 Å². The molecule has 5 heteroatoms. The molecule has 0 saturated heterocycles. The molecule has 1 heterocycles. The van der Waals surface area contributed by atoms with Crippen molar-refractivity contribution in [3.63, 3.8) is 0 Å². The highest BCUT2D eigenvalue weighted by Crippen LogP contribution is 2.33. The molecule has 0 saturated carbocycles. The molecular weight excluding hydrogens is 255 g/mol. The number of hydrogen-bond acceptors (Lipinski definition) is 1. The van der Waals surface area contributed by atoms with Crippen LogP contribution in [-0.4, -0.2) is 4.98 Å². The maximum atomic E-state index is 13.5. The van der Waals surface area contributed by atoms with E-state index in [1.165, 1.54) is 0 Å². The number of pyridine rings is 1. The van der Waals surface area contributed by atoms with Crippen molar-refractivity contribution in [2.45, 2.75) is 13.3 Å². The molecule has 0 fully saturated rings. The quantitative estimate of drug-likeness (QED) is 0.695. The summed E-state index contributed by atoms with van der Waals surface area (Å²) in [5.41, 5.74) is 0.700. The van der Waals surface area contributed by atoms with Crippen LogP contribution in [0.5, 0.6) is 0 Å². The van der Waals surface area contributed by atoms with Crippen molar-refractivity contribution in [2.24, 2.45) is 0 Å². The molecular formula is C11H7Cl2F2N. The molecule has 0 bridgehead atoms. The first-order valence-electron chi connectivity index (χ1n) is 4.67. The minimum atomic E-state index is -0.723. The van der Waals surface area contributed by atoms with Crippen LogP contribution in [0.3, 0.4) is 0 Å². The lowest BCUT2D eigenvalue weighted by molar-refractivity contribution is 0.591. The van der Waals surface area contributed by atoms with Gasteiger partial charge in [0.25, 0.3) is 0 Å². The van der Waals surface area contributed by atoms with Crippen molar-refractivity contribution in [2.75, 3.05) is 0 Å². The van der Waals surface area contributed by atoms with Gasteiger partial charge in [0, 0.05) is 17.7 Å². The lowest BCUT2D eigenvalue weighted by Crippen LogP contribution is -1.94. The number of hydrogen-bond donors (Lipinski definition) is 0. The second-order valence-corrected chi connectivity index (χ2v) is 4.07. The number of halogens is 4. The molecule has 0 radical (unpaired) electrons. The number of fused-ring (bicyclic) bond motifs is 1. The van der Waals surface area contributed by atoms with E-state index in [9.17, 15) is 8.78 Å². The molecule has 16 heavy (non-hydrogen) atoms. The number of aromatic nitrogens is 1. The van der Waals surface area contributed by atoms with Crippen molar-refractivity contribution in [3.05, 3.63) is 39.5 Å². The van der Waals surface area contributed by atoms with Crippen LogP contribution in [0, 0.1) is 11.6 Å². The van der Waals surface area contributed by atoms with Gasteiger partial charge in [-0.2, -0.15) is 0 Å². The van der Waals surface area contributed by atoms with Gasteiger partial charge in [0.05, 0.1) is 15.9 Å². The zero-order valence-corrected chi connectivity index (χ0v) is 9.83. The van der Waals surface area contributed by atoms with Gasteiger partial charge in [0.2, 0.25) is 0 Å². The van der Waals surface area contributed by atoms with Crippen molar-refractivity contribution in [3.8, 4) is 0 Å². The van der Waals surface area contributed by atoms with E-state index in [0.717, 1.165) is 12.1 Å². The zero-order valence-electron chi connectivity index (χ0n) is 8.32. The van der Waals surface area contributed by atoms with E-state index in [2.05, 4.69) is 4.98 Å². The minimum absolute atomic E-state index is 0.115. The van der Waals surface area contributed by atoms with Crippen LogP contribution in [0.4, 0.5) is 8.78 Å². The van der Waals surface area contributed by atoms with Gasteiger partial charge in [0.15, 0.2) is 0 Å². The van der Waals surface area contributed by atoms with Crippen molar-refractivity contribution in [1.29, 1.82) is 0 Å². The van der Waals surface area contributed by atoms with Gasteiger partial charge in [-0.3, -0.25) is 0 Å². The Morgan fingerprint density at radius 2 is 1.94 bits per heavy atom. The lowest BCUT2D eigenvalue weighted by atomic mass is 10.1. The van der Waals surface area contributed by atoms with Gasteiger partial charge < -0.3 is 0 Å². The van der Waals surface area contributed by atoms with Gasteiger partial charge in [-0.05, 0) is 6.42 Å². The molecule has 1 aromatic heterocycles. The first-order valence-corrected chi connectivity index (χ1v) is 5.42. The van der Waals surface area contributed by atoms with Crippen LogP contribution in [0.25, 0.3) is 10.9 Å². The van der Waals surface area contributed by atoms with Gasteiger partial charge in [-0.25, -0.2) is 13.8 Å². The molecule has 0 aliphatic heterocycles. The Labute approximate surface area is 101 Å². The average Bonchev–Trinajstić information content (AvgIpc) is 2.15. The van der Waals surface area contributed by atoms with Crippen LogP contribution in [-0.2, 0) is 6.42 Å². The van der Waals surface area contributed by atoms with Crippen molar-refractivity contribution < 1.29 is 8.78 Å². The zero-order chi connectivity index (χ0) is 11.9. The third-order valence-corrected chi connectivity index (χ3v) is 3.07. The molecule has 2 aromatic rings. The Morgan fingerprint density at radius 1 is 1.25 bits per heavy atom. The fourth-order valence-electron chi connectivity index (χ4n) is 1.58. The van der Waals surface area contributed by atoms with E-state index in [1.807, 2.05) is 6.92 Å². The molecule has 0 spiro atoms. The van der Waals surface area contributed by atoms with E-state index in [4.69, 9.17) is 23.2 Å². The fraction of sp³-hybridized carbons (Fsp3) is 0.182. The first-order chi connectivity index (χ1) is 7.54. The van der Waals surface area contributed by atoms with Crippen molar-refractivity contribution >= 4 is 34.1 Å². The normalized spacial score (nSPS) is 11.1. The largest absolute Gasteiger partial charge is 0.235 e. The monoisotopic (exact) mass is 261 g/mol. The average molecular weight is 262 g/mol. The number of benzene rings is 1. The van der Waals surface area contributed by atoms with Crippen molar-refractivity contribution in [1.82, 2.24) is 4.98 Å². The fourth-order valence-corrected chi connectivity index (χ4v) is 2.36. The maximum Gasteiger partial charge on any atom is 0.137 e. The Morgan fingerprint density at radius 3 is 2.56 bits per heavy atom. The highest BCUT2D eigenvalue weighted by Gasteiger charge is 2.15. The lowest BCUT2D eigenvalue weighted by Gasteiger charge is -2.08. The predicted octanol–water partition coefficient (Wildman–Crippen LogP) is 4.38. The SMILES string of the molecule is CCc1c(Cl)nc2cc(F)cc(F)c2c1Cl. The molecule has 2 rings (SSSR count). The van der Waals surface area contributed by atoms with E-state index in [-0.39, 0.29) is 21.1 Å². The van der Waals surface area contributed by atoms with E-state index < -0.39 is 11.6 Å². The molecule has 0 aliphatic rings. The molecule has 84 valence electrons. The third-order valence-electron chi connectivity index (χ3n) is 2.34. The minimum Gasteiger partial charge on any atom is -0.235 e. The summed E-state index contributed by atoms with van der Waals surface area (Å²) in [7, 11) is 0. The summed E-state index contributed by atoms with van der Waals surface area (Å²) in [6.45, 7) is 1.84. The number of nitrogens with zero attached hydrogens (tertiary/aromatic N) is 1. The van der Waals surface area contributed by atoms with Crippen LogP contribution in [0.1, 0.15) is 12.5 Å². The first kappa shape index (κ1) is 11.6. The summed E-state index contributed by atoms with van der Waals surface area (Å²) in [6.07, 6.45) is 0.539. The Bertz CT molecular complexity index is 570. The number of rotatable bonds is 1. The van der Waals surface area contributed by atoms with Crippen LogP contribution in [0.2, 0.25) is 10.2 Å². The maximum absolute atomic E-state index is 13.5. The molecule has 0 N–H and O–H groups in total. The third kappa shape index (κ3) is 1.74. The molecule has 0 aliphatic carbocycles. The second kappa shape index (κ2) is 4.15. The predicted molar refractivity (Wildman–Crippen MR) is 61.1 cm³/mol. The van der Waals surface area contributed by atoms with E-state index in [1.54, 1.807) is 0 Å². The molecule has 0 atom stereocenters. The molecule has 1 aromatic carbocycles. The summed E-state index contributed by atoms with van der Waals surface area (Å²) >= 11 is 11.9. The van der Waals surface area contributed by atoms with E-state index in [0.29, 0.717) is 12.0 Å². The van der Waals surface area contributed by atoms with Crippen LogP contribution >= 0.6 is 23.2 Å². The summed E-state index contributed by atoms with van der Waals surface area (Å²) in [6, 6.07) is 1.89. The summed E-state index contributed by atoms with van der Waals surface area (Å²) in [5.74, 6) is -1.42.